The summed E-state index contributed by atoms with van der Waals surface area (Å²) in [6.45, 7) is 1.45. The van der Waals surface area contributed by atoms with Crippen LogP contribution in [0.5, 0.6) is 0 Å². The van der Waals surface area contributed by atoms with Crippen molar-refractivity contribution < 1.29 is 17.9 Å². The lowest BCUT2D eigenvalue weighted by Gasteiger charge is -2.19. The van der Waals surface area contributed by atoms with Crippen LogP contribution in [0.25, 0.3) is 0 Å². The van der Waals surface area contributed by atoms with Gasteiger partial charge in [-0.2, -0.15) is 13.2 Å². The quantitative estimate of drug-likeness (QED) is 0.926. The summed E-state index contributed by atoms with van der Waals surface area (Å²) in [4.78, 5) is 4.19. The van der Waals surface area contributed by atoms with Crippen molar-refractivity contribution in [2.24, 2.45) is 0 Å². The summed E-state index contributed by atoms with van der Waals surface area (Å²) in [6.07, 6.45) is -0.501. The van der Waals surface area contributed by atoms with Crippen molar-refractivity contribution in [3.63, 3.8) is 0 Å². The second-order valence-corrected chi connectivity index (χ2v) is 6.51. The molecule has 1 saturated heterocycles. The average Bonchev–Trinajstić information content (AvgIpc) is 3.14. The Morgan fingerprint density at radius 2 is 2.10 bits per heavy atom. The summed E-state index contributed by atoms with van der Waals surface area (Å²) in [5.74, 6) is 0.0181. The summed E-state index contributed by atoms with van der Waals surface area (Å²) in [7, 11) is 0. The number of rotatable bonds is 4. The van der Waals surface area contributed by atoms with E-state index >= 15 is 0 Å². The van der Waals surface area contributed by atoms with E-state index < -0.39 is 11.9 Å². The molecule has 1 atom stereocenters. The van der Waals surface area contributed by atoms with E-state index in [2.05, 4.69) is 10.3 Å². The molecule has 0 radical (unpaired) electrons. The lowest BCUT2D eigenvalue weighted by Crippen LogP contribution is -2.18. The molecule has 2 fully saturated rings. The molecule has 2 aliphatic rings. The van der Waals surface area contributed by atoms with E-state index in [1.165, 1.54) is 11.3 Å². The van der Waals surface area contributed by atoms with Gasteiger partial charge in [0.2, 0.25) is 0 Å². The number of halogens is 3. The number of hydrogen-bond donors (Lipinski definition) is 1. The van der Waals surface area contributed by atoms with Crippen LogP contribution >= 0.6 is 11.3 Å². The molecule has 0 amide bonds. The lowest BCUT2D eigenvalue weighted by atomic mass is 10.0. The minimum absolute atomic E-state index is 0.0181. The summed E-state index contributed by atoms with van der Waals surface area (Å²) in [6, 6.07) is 0.389. The second-order valence-electron chi connectivity index (χ2n) is 5.39. The SMILES string of the molecule is FC(F)(F)c1nc(C2CCCOC2)sc1CNC1CC1. The van der Waals surface area contributed by atoms with Gasteiger partial charge in [0.05, 0.1) is 16.5 Å². The van der Waals surface area contributed by atoms with E-state index in [4.69, 9.17) is 4.74 Å². The number of ether oxygens (including phenoxy) is 1. The van der Waals surface area contributed by atoms with Crippen LogP contribution in [0.3, 0.4) is 0 Å². The molecule has 3 rings (SSSR count). The van der Waals surface area contributed by atoms with Crippen molar-refractivity contribution in [1.82, 2.24) is 10.3 Å². The summed E-state index contributed by atoms with van der Waals surface area (Å²) < 4.78 is 44.5. The Kier molecular flexibility index (Phi) is 4.01. The van der Waals surface area contributed by atoms with Gasteiger partial charge in [0.25, 0.3) is 0 Å². The third-order valence-electron chi connectivity index (χ3n) is 3.62. The first-order valence-corrected chi connectivity index (χ1v) is 7.73. The zero-order chi connectivity index (χ0) is 14.2. The van der Waals surface area contributed by atoms with Crippen LogP contribution in [0.15, 0.2) is 0 Å². The highest BCUT2D eigenvalue weighted by atomic mass is 32.1. The van der Waals surface area contributed by atoms with Crippen molar-refractivity contribution in [2.45, 2.75) is 50.4 Å². The van der Waals surface area contributed by atoms with E-state index in [-0.39, 0.29) is 12.5 Å². The van der Waals surface area contributed by atoms with Crippen molar-refractivity contribution in [2.75, 3.05) is 13.2 Å². The van der Waals surface area contributed by atoms with E-state index in [0.717, 1.165) is 25.7 Å². The van der Waals surface area contributed by atoms with Crippen LogP contribution < -0.4 is 5.32 Å². The highest BCUT2D eigenvalue weighted by Crippen LogP contribution is 2.38. The van der Waals surface area contributed by atoms with Gasteiger partial charge in [-0.1, -0.05) is 0 Å². The molecule has 1 saturated carbocycles. The molecule has 112 valence electrons. The highest BCUT2D eigenvalue weighted by molar-refractivity contribution is 7.11. The molecule has 0 aromatic carbocycles. The largest absolute Gasteiger partial charge is 0.434 e. The van der Waals surface area contributed by atoms with E-state index in [9.17, 15) is 13.2 Å². The number of nitrogens with zero attached hydrogens (tertiary/aromatic N) is 1. The zero-order valence-electron chi connectivity index (χ0n) is 11.0. The first-order chi connectivity index (χ1) is 9.54. The maximum Gasteiger partial charge on any atom is 0.434 e. The molecule has 2 heterocycles. The Morgan fingerprint density at radius 3 is 2.70 bits per heavy atom. The third kappa shape index (κ3) is 3.32. The van der Waals surface area contributed by atoms with Gasteiger partial charge >= 0.3 is 6.18 Å². The Hall–Kier alpha value is -0.660. The first kappa shape index (κ1) is 14.3. The fourth-order valence-electron chi connectivity index (χ4n) is 2.35. The second kappa shape index (κ2) is 5.61. The molecule has 1 aromatic heterocycles. The fourth-order valence-corrected chi connectivity index (χ4v) is 3.50. The molecule has 1 unspecified atom stereocenters. The minimum atomic E-state index is -4.37. The van der Waals surface area contributed by atoms with Crippen LogP contribution in [0.2, 0.25) is 0 Å². The molecule has 0 bridgehead atoms. The first-order valence-electron chi connectivity index (χ1n) is 6.92. The van der Waals surface area contributed by atoms with Crippen LogP contribution in [0.4, 0.5) is 13.2 Å². The maximum absolute atomic E-state index is 13.1. The number of alkyl halides is 3. The van der Waals surface area contributed by atoms with E-state index in [0.29, 0.717) is 29.1 Å². The van der Waals surface area contributed by atoms with Gasteiger partial charge in [0, 0.05) is 25.1 Å². The van der Waals surface area contributed by atoms with Gasteiger partial charge in [0.1, 0.15) is 0 Å². The van der Waals surface area contributed by atoms with Gasteiger partial charge in [-0.15, -0.1) is 11.3 Å². The van der Waals surface area contributed by atoms with Crippen molar-refractivity contribution in [1.29, 1.82) is 0 Å². The van der Waals surface area contributed by atoms with Gasteiger partial charge in [-0.3, -0.25) is 0 Å². The fraction of sp³-hybridized carbons (Fsp3) is 0.769. The molecule has 1 aliphatic carbocycles. The number of nitrogens with one attached hydrogen (secondary N) is 1. The highest BCUT2D eigenvalue weighted by Gasteiger charge is 2.38. The number of aromatic nitrogens is 1. The predicted molar refractivity (Wildman–Crippen MR) is 69.8 cm³/mol. The zero-order valence-corrected chi connectivity index (χ0v) is 11.8. The molecule has 1 aromatic rings. The molecular weight excluding hydrogens is 289 g/mol. The summed E-state index contributed by atoms with van der Waals surface area (Å²) >= 11 is 1.19. The van der Waals surface area contributed by atoms with Crippen molar-refractivity contribution in [3.05, 3.63) is 15.6 Å². The van der Waals surface area contributed by atoms with Gasteiger partial charge < -0.3 is 10.1 Å². The lowest BCUT2D eigenvalue weighted by molar-refractivity contribution is -0.141. The molecule has 7 heteroatoms. The standard InChI is InChI=1S/C13H17F3N2OS/c14-13(15,16)11-10(6-17-9-3-4-9)20-12(18-11)8-2-1-5-19-7-8/h8-9,17H,1-7H2. The van der Waals surface area contributed by atoms with E-state index in [1.807, 2.05) is 0 Å². The minimum Gasteiger partial charge on any atom is -0.381 e. The molecular formula is C13H17F3N2OS. The van der Waals surface area contributed by atoms with E-state index in [1.54, 1.807) is 0 Å². The van der Waals surface area contributed by atoms with Crippen molar-refractivity contribution >= 4 is 11.3 Å². The van der Waals surface area contributed by atoms with Crippen molar-refractivity contribution in [3.8, 4) is 0 Å². The predicted octanol–water partition coefficient (Wildman–Crippen LogP) is 3.31. The Balaban J connectivity index is 1.79. The topological polar surface area (TPSA) is 34.1 Å². The average molecular weight is 306 g/mol. The Morgan fingerprint density at radius 1 is 1.30 bits per heavy atom. The summed E-state index contributed by atoms with van der Waals surface area (Å²) in [5, 5.41) is 3.71. The normalized spacial score (nSPS) is 24.1. The number of hydrogen-bond acceptors (Lipinski definition) is 4. The molecule has 0 spiro atoms. The van der Waals surface area contributed by atoms with Crippen LogP contribution in [0.1, 0.15) is 47.2 Å². The van der Waals surface area contributed by atoms with Crippen LogP contribution in [-0.4, -0.2) is 24.2 Å². The molecule has 1 N–H and O–H groups in total. The van der Waals surface area contributed by atoms with Gasteiger partial charge in [0.15, 0.2) is 5.69 Å². The number of thiazole rings is 1. The Labute approximate surface area is 119 Å². The van der Waals surface area contributed by atoms with Gasteiger partial charge in [-0.25, -0.2) is 4.98 Å². The smallest absolute Gasteiger partial charge is 0.381 e. The molecule has 3 nitrogen and oxygen atoms in total. The van der Waals surface area contributed by atoms with Crippen LogP contribution in [0, 0.1) is 0 Å². The van der Waals surface area contributed by atoms with Gasteiger partial charge in [-0.05, 0) is 25.7 Å². The molecule has 1 aliphatic heterocycles. The van der Waals surface area contributed by atoms with Crippen LogP contribution in [-0.2, 0) is 17.5 Å². The summed E-state index contributed by atoms with van der Waals surface area (Å²) in [5.41, 5.74) is -0.712. The molecule has 20 heavy (non-hydrogen) atoms. The Bertz CT molecular complexity index is 465. The monoisotopic (exact) mass is 306 g/mol. The third-order valence-corrected chi connectivity index (χ3v) is 4.84. The maximum atomic E-state index is 13.1.